The SMILES string of the molecule is CCN(C(=O)C(C)C)c1sc(-c2cncc(F)c2)nc1C. The molecule has 2 aromatic rings. The number of rotatable bonds is 4. The first kappa shape index (κ1) is 15.6. The van der Waals surface area contributed by atoms with Crippen molar-refractivity contribution in [2.75, 3.05) is 11.4 Å². The van der Waals surface area contributed by atoms with Crippen LogP contribution in [0.3, 0.4) is 0 Å². The molecular weight excluding hydrogens is 289 g/mol. The van der Waals surface area contributed by atoms with E-state index in [1.165, 1.54) is 17.4 Å². The molecule has 0 saturated heterocycles. The third kappa shape index (κ3) is 3.26. The van der Waals surface area contributed by atoms with Crippen LogP contribution in [0.4, 0.5) is 9.39 Å². The molecule has 0 aliphatic rings. The third-order valence-electron chi connectivity index (χ3n) is 3.05. The molecule has 0 N–H and O–H groups in total. The Hall–Kier alpha value is -1.82. The van der Waals surface area contributed by atoms with E-state index < -0.39 is 5.82 Å². The highest BCUT2D eigenvalue weighted by molar-refractivity contribution is 7.19. The lowest BCUT2D eigenvalue weighted by Crippen LogP contribution is -2.33. The van der Waals surface area contributed by atoms with Crippen molar-refractivity contribution in [3.63, 3.8) is 0 Å². The van der Waals surface area contributed by atoms with Crippen LogP contribution in [0.1, 0.15) is 26.5 Å². The number of amides is 1. The van der Waals surface area contributed by atoms with E-state index in [9.17, 15) is 9.18 Å². The Morgan fingerprint density at radius 2 is 2.14 bits per heavy atom. The van der Waals surface area contributed by atoms with Gasteiger partial charge in [-0.05, 0) is 19.9 Å². The van der Waals surface area contributed by atoms with Crippen molar-refractivity contribution >= 4 is 22.2 Å². The second-order valence-corrected chi connectivity index (χ2v) is 6.02. The van der Waals surface area contributed by atoms with Gasteiger partial charge in [-0.1, -0.05) is 25.2 Å². The van der Waals surface area contributed by atoms with E-state index in [1.807, 2.05) is 27.7 Å². The minimum atomic E-state index is -0.396. The van der Waals surface area contributed by atoms with Crippen molar-refractivity contribution in [2.45, 2.75) is 27.7 Å². The summed E-state index contributed by atoms with van der Waals surface area (Å²) in [6.45, 7) is 8.12. The molecule has 0 atom stereocenters. The molecule has 0 spiro atoms. The number of nitrogens with zero attached hydrogens (tertiary/aromatic N) is 3. The highest BCUT2D eigenvalue weighted by Crippen LogP contribution is 2.34. The molecule has 21 heavy (non-hydrogen) atoms. The second kappa shape index (κ2) is 6.30. The van der Waals surface area contributed by atoms with Crippen molar-refractivity contribution in [3.05, 3.63) is 30.0 Å². The van der Waals surface area contributed by atoms with E-state index >= 15 is 0 Å². The predicted molar refractivity (Wildman–Crippen MR) is 82.9 cm³/mol. The topological polar surface area (TPSA) is 46.1 Å². The molecular formula is C15H18FN3OS. The smallest absolute Gasteiger partial charge is 0.230 e. The van der Waals surface area contributed by atoms with Gasteiger partial charge in [-0.3, -0.25) is 9.78 Å². The van der Waals surface area contributed by atoms with Crippen LogP contribution in [-0.4, -0.2) is 22.4 Å². The fourth-order valence-electron chi connectivity index (χ4n) is 2.00. The van der Waals surface area contributed by atoms with Gasteiger partial charge in [0.25, 0.3) is 0 Å². The molecule has 6 heteroatoms. The molecule has 112 valence electrons. The maximum atomic E-state index is 13.3. The predicted octanol–water partition coefficient (Wildman–Crippen LogP) is 3.66. The summed E-state index contributed by atoms with van der Waals surface area (Å²) in [5.41, 5.74) is 1.40. The van der Waals surface area contributed by atoms with Gasteiger partial charge in [0.2, 0.25) is 5.91 Å². The van der Waals surface area contributed by atoms with Crippen LogP contribution in [0.15, 0.2) is 18.5 Å². The minimum Gasteiger partial charge on any atom is -0.302 e. The number of aryl methyl sites for hydroxylation is 1. The fraction of sp³-hybridized carbons (Fsp3) is 0.400. The van der Waals surface area contributed by atoms with E-state index in [0.717, 1.165) is 16.9 Å². The Morgan fingerprint density at radius 3 is 2.71 bits per heavy atom. The first-order valence-electron chi connectivity index (χ1n) is 6.83. The first-order chi connectivity index (χ1) is 9.93. The maximum absolute atomic E-state index is 13.3. The van der Waals surface area contributed by atoms with Crippen LogP contribution in [0.5, 0.6) is 0 Å². The van der Waals surface area contributed by atoms with Crippen LogP contribution in [0.25, 0.3) is 10.6 Å². The Bertz CT molecular complexity index is 654. The van der Waals surface area contributed by atoms with Gasteiger partial charge in [0.1, 0.15) is 15.8 Å². The first-order valence-corrected chi connectivity index (χ1v) is 7.65. The van der Waals surface area contributed by atoms with Gasteiger partial charge in [-0.25, -0.2) is 9.37 Å². The zero-order valence-electron chi connectivity index (χ0n) is 12.6. The number of hydrogen-bond acceptors (Lipinski definition) is 4. The summed E-state index contributed by atoms with van der Waals surface area (Å²) >= 11 is 1.39. The van der Waals surface area contributed by atoms with Crippen molar-refractivity contribution < 1.29 is 9.18 Å². The average molecular weight is 307 g/mol. The van der Waals surface area contributed by atoms with Crippen molar-refractivity contribution in [3.8, 4) is 10.6 Å². The molecule has 1 amide bonds. The van der Waals surface area contributed by atoms with E-state index in [1.54, 1.807) is 11.1 Å². The van der Waals surface area contributed by atoms with Crippen molar-refractivity contribution in [1.82, 2.24) is 9.97 Å². The van der Waals surface area contributed by atoms with Crippen LogP contribution in [0.2, 0.25) is 0 Å². The van der Waals surface area contributed by atoms with Crippen molar-refractivity contribution in [1.29, 1.82) is 0 Å². The molecule has 2 rings (SSSR count). The number of pyridine rings is 1. The Labute approximate surface area is 127 Å². The molecule has 2 heterocycles. The molecule has 0 saturated carbocycles. The summed E-state index contributed by atoms with van der Waals surface area (Å²) in [5.74, 6) is -0.411. The lowest BCUT2D eigenvalue weighted by atomic mass is 10.2. The number of anilines is 1. The highest BCUT2D eigenvalue weighted by atomic mass is 32.1. The average Bonchev–Trinajstić information content (AvgIpc) is 2.82. The lowest BCUT2D eigenvalue weighted by Gasteiger charge is -2.21. The Morgan fingerprint density at radius 1 is 1.43 bits per heavy atom. The normalized spacial score (nSPS) is 11.0. The zero-order chi connectivity index (χ0) is 15.6. The summed E-state index contributed by atoms with van der Waals surface area (Å²) < 4.78 is 13.3. The van der Waals surface area contributed by atoms with Gasteiger partial charge in [0.05, 0.1) is 11.9 Å². The van der Waals surface area contributed by atoms with Crippen LogP contribution >= 0.6 is 11.3 Å². The number of aromatic nitrogens is 2. The molecule has 0 aliphatic carbocycles. The largest absolute Gasteiger partial charge is 0.302 e. The third-order valence-corrected chi connectivity index (χ3v) is 4.27. The van der Waals surface area contributed by atoms with Crippen LogP contribution < -0.4 is 4.90 Å². The Balaban J connectivity index is 2.41. The number of thiazole rings is 1. The van der Waals surface area contributed by atoms with Crippen LogP contribution in [-0.2, 0) is 4.79 Å². The van der Waals surface area contributed by atoms with Gasteiger partial charge in [-0.2, -0.15) is 0 Å². The molecule has 0 unspecified atom stereocenters. The van der Waals surface area contributed by atoms with E-state index in [0.29, 0.717) is 17.1 Å². The van der Waals surface area contributed by atoms with E-state index in [-0.39, 0.29) is 11.8 Å². The van der Waals surface area contributed by atoms with Gasteiger partial charge in [-0.15, -0.1) is 0 Å². The number of halogens is 1. The summed E-state index contributed by atoms with van der Waals surface area (Å²) in [7, 11) is 0. The molecule has 0 bridgehead atoms. The molecule has 0 radical (unpaired) electrons. The monoisotopic (exact) mass is 307 g/mol. The lowest BCUT2D eigenvalue weighted by molar-refractivity contribution is -0.121. The number of hydrogen-bond donors (Lipinski definition) is 0. The summed E-state index contributed by atoms with van der Waals surface area (Å²) in [6.07, 6.45) is 2.73. The maximum Gasteiger partial charge on any atom is 0.230 e. The molecule has 0 aromatic carbocycles. The molecule has 0 aliphatic heterocycles. The number of carbonyl (C=O) groups is 1. The quantitative estimate of drug-likeness (QED) is 0.866. The fourth-order valence-corrected chi connectivity index (χ4v) is 3.12. The molecule has 2 aromatic heterocycles. The molecule has 4 nitrogen and oxygen atoms in total. The summed E-state index contributed by atoms with van der Waals surface area (Å²) in [5, 5.41) is 1.49. The van der Waals surface area contributed by atoms with Crippen molar-refractivity contribution in [2.24, 2.45) is 5.92 Å². The zero-order valence-corrected chi connectivity index (χ0v) is 13.4. The highest BCUT2D eigenvalue weighted by Gasteiger charge is 2.22. The van der Waals surface area contributed by atoms with Gasteiger partial charge < -0.3 is 4.90 Å². The summed E-state index contributed by atoms with van der Waals surface area (Å²) in [4.78, 5) is 22.3. The summed E-state index contributed by atoms with van der Waals surface area (Å²) in [6, 6.07) is 1.40. The minimum absolute atomic E-state index is 0.0631. The number of carbonyl (C=O) groups excluding carboxylic acids is 1. The van der Waals surface area contributed by atoms with Gasteiger partial charge in [0.15, 0.2) is 0 Å². The van der Waals surface area contributed by atoms with E-state index in [4.69, 9.17) is 0 Å². The Kier molecular flexibility index (Phi) is 4.67. The van der Waals surface area contributed by atoms with E-state index in [2.05, 4.69) is 9.97 Å². The molecule has 0 fully saturated rings. The van der Waals surface area contributed by atoms with Gasteiger partial charge in [0, 0.05) is 24.2 Å². The van der Waals surface area contributed by atoms with Crippen LogP contribution in [0, 0.1) is 18.7 Å². The standard InChI is InChI=1S/C15H18FN3OS/c1-5-19(14(20)9(2)3)15-10(4)18-13(21-15)11-6-12(16)8-17-7-11/h6-9H,5H2,1-4H3. The second-order valence-electron chi connectivity index (χ2n) is 5.04. The van der Waals surface area contributed by atoms with Gasteiger partial charge >= 0.3 is 0 Å².